The summed E-state index contributed by atoms with van der Waals surface area (Å²) in [5.41, 5.74) is 2.53. The Hall–Kier alpha value is -1.93. The molecule has 24 heavy (non-hydrogen) atoms. The zero-order valence-corrected chi connectivity index (χ0v) is 15.7. The van der Waals surface area contributed by atoms with Crippen LogP contribution in [0.4, 0.5) is 0 Å². The van der Waals surface area contributed by atoms with E-state index in [1.807, 2.05) is 46.2 Å². The molecule has 0 aliphatic carbocycles. The Morgan fingerprint density at radius 2 is 2.08 bits per heavy atom. The summed E-state index contributed by atoms with van der Waals surface area (Å²) in [6.45, 7) is 8.54. The first-order valence-electron chi connectivity index (χ1n) is 7.87. The standard InChI is InChI=1S/C16H20BrN5O2/c1-5-23-11(4)22-9-12(8-18-22)13-6-7-21-15(19-16(17)20-21)14(13)24-10(2)3/h6-11H,5H2,1-4H3. The van der Waals surface area contributed by atoms with Gasteiger partial charge in [0.05, 0.1) is 12.3 Å². The molecule has 0 N–H and O–H groups in total. The first-order valence-corrected chi connectivity index (χ1v) is 8.66. The minimum Gasteiger partial charge on any atom is -0.486 e. The first-order chi connectivity index (χ1) is 11.5. The number of hydrogen-bond acceptors (Lipinski definition) is 5. The van der Waals surface area contributed by atoms with E-state index < -0.39 is 0 Å². The van der Waals surface area contributed by atoms with Crippen LogP contribution in [-0.4, -0.2) is 37.1 Å². The molecule has 0 aromatic carbocycles. The Morgan fingerprint density at radius 1 is 1.29 bits per heavy atom. The van der Waals surface area contributed by atoms with E-state index in [1.54, 1.807) is 15.4 Å². The van der Waals surface area contributed by atoms with E-state index in [2.05, 4.69) is 31.1 Å². The average molecular weight is 394 g/mol. The van der Waals surface area contributed by atoms with Crippen molar-refractivity contribution in [3.8, 4) is 16.9 Å². The topological polar surface area (TPSA) is 66.5 Å². The van der Waals surface area contributed by atoms with Crippen LogP contribution in [0.15, 0.2) is 29.4 Å². The monoisotopic (exact) mass is 393 g/mol. The van der Waals surface area contributed by atoms with Gasteiger partial charge in [-0.25, -0.2) is 9.20 Å². The predicted molar refractivity (Wildman–Crippen MR) is 94.0 cm³/mol. The number of halogens is 1. The molecule has 3 rings (SSSR count). The zero-order chi connectivity index (χ0) is 17.3. The third-order valence-corrected chi connectivity index (χ3v) is 3.82. The number of nitrogens with zero attached hydrogens (tertiary/aromatic N) is 5. The third-order valence-electron chi connectivity index (χ3n) is 3.48. The number of rotatable bonds is 6. The van der Waals surface area contributed by atoms with E-state index in [4.69, 9.17) is 9.47 Å². The molecule has 0 bridgehead atoms. The van der Waals surface area contributed by atoms with Crippen LogP contribution in [0.5, 0.6) is 5.75 Å². The van der Waals surface area contributed by atoms with Gasteiger partial charge >= 0.3 is 0 Å². The number of fused-ring (bicyclic) bond motifs is 1. The lowest BCUT2D eigenvalue weighted by molar-refractivity contribution is 0.0160. The number of pyridine rings is 1. The second-order valence-corrected chi connectivity index (χ2v) is 6.35. The number of ether oxygens (including phenoxy) is 2. The second kappa shape index (κ2) is 6.90. The summed E-state index contributed by atoms with van der Waals surface area (Å²) in [6.07, 6.45) is 5.51. The molecule has 3 heterocycles. The molecule has 0 fully saturated rings. The lowest BCUT2D eigenvalue weighted by Gasteiger charge is -2.14. The molecule has 0 radical (unpaired) electrons. The smallest absolute Gasteiger partial charge is 0.218 e. The largest absolute Gasteiger partial charge is 0.486 e. The van der Waals surface area contributed by atoms with Gasteiger partial charge in [0.25, 0.3) is 0 Å². The maximum Gasteiger partial charge on any atom is 0.218 e. The molecule has 1 unspecified atom stereocenters. The minimum atomic E-state index is -0.121. The summed E-state index contributed by atoms with van der Waals surface area (Å²) in [7, 11) is 0. The molecule has 3 aromatic rings. The van der Waals surface area contributed by atoms with Gasteiger partial charge in [-0.05, 0) is 49.7 Å². The fraction of sp³-hybridized carbons (Fsp3) is 0.438. The molecular formula is C16H20BrN5O2. The van der Waals surface area contributed by atoms with Crippen LogP contribution in [-0.2, 0) is 4.74 Å². The van der Waals surface area contributed by atoms with Crippen LogP contribution in [0, 0.1) is 0 Å². The summed E-state index contributed by atoms with van der Waals surface area (Å²) in [5.74, 6) is 0.689. The van der Waals surface area contributed by atoms with E-state index >= 15 is 0 Å². The summed E-state index contributed by atoms with van der Waals surface area (Å²) in [6, 6.07) is 1.96. The Balaban J connectivity index is 2.08. The third kappa shape index (κ3) is 3.29. The fourth-order valence-electron chi connectivity index (χ4n) is 2.47. The van der Waals surface area contributed by atoms with Crippen LogP contribution in [0.2, 0.25) is 0 Å². The fourth-order valence-corrected chi connectivity index (χ4v) is 2.81. The van der Waals surface area contributed by atoms with Gasteiger partial charge in [-0.3, -0.25) is 0 Å². The summed E-state index contributed by atoms with van der Waals surface area (Å²) < 4.78 is 15.6. The van der Waals surface area contributed by atoms with E-state index in [0.29, 0.717) is 22.7 Å². The highest BCUT2D eigenvalue weighted by Crippen LogP contribution is 2.34. The van der Waals surface area contributed by atoms with Crippen LogP contribution < -0.4 is 4.74 Å². The van der Waals surface area contributed by atoms with Gasteiger partial charge in [0, 0.05) is 30.1 Å². The molecule has 0 saturated heterocycles. The van der Waals surface area contributed by atoms with E-state index in [1.165, 1.54) is 0 Å². The molecule has 128 valence electrons. The average Bonchev–Trinajstić information content (AvgIpc) is 3.13. The Kier molecular flexibility index (Phi) is 4.86. The van der Waals surface area contributed by atoms with Crippen LogP contribution >= 0.6 is 15.9 Å². The van der Waals surface area contributed by atoms with E-state index in [0.717, 1.165) is 11.1 Å². The lowest BCUT2D eigenvalue weighted by atomic mass is 10.1. The van der Waals surface area contributed by atoms with Crippen LogP contribution in [0.3, 0.4) is 0 Å². The molecule has 1 atom stereocenters. The molecule has 7 nitrogen and oxygen atoms in total. The van der Waals surface area contributed by atoms with Gasteiger partial charge in [0.15, 0.2) is 11.4 Å². The van der Waals surface area contributed by atoms with Crippen molar-refractivity contribution in [2.45, 2.75) is 40.0 Å². The molecular weight excluding hydrogens is 374 g/mol. The SMILES string of the molecule is CCOC(C)n1cc(-c2ccn3nc(Br)nc3c2OC(C)C)cn1. The highest BCUT2D eigenvalue weighted by molar-refractivity contribution is 9.10. The predicted octanol–water partition coefficient (Wildman–Crippen LogP) is 3.70. The zero-order valence-electron chi connectivity index (χ0n) is 14.1. The molecule has 3 aromatic heterocycles. The molecule has 0 aliphatic rings. The van der Waals surface area contributed by atoms with Gasteiger partial charge in [-0.2, -0.15) is 10.1 Å². The van der Waals surface area contributed by atoms with Crippen molar-refractivity contribution in [1.82, 2.24) is 24.4 Å². The molecule has 8 heteroatoms. The van der Waals surface area contributed by atoms with Gasteiger partial charge in [-0.15, -0.1) is 5.10 Å². The maximum atomic E-state index is 6.03. The Labute approximate surface area is 148 Å². The van der Waals surface area contributed by atoms with Crippen molar-refractivity contribution in [3.63, 3.8) is 0 Å². The van der Waals surface area contributed by atoms with Gasteiger partial charge in [0.1, 0.15) is 6.23 Å². The van der Waals surface area contributed by atoms with Crippen molar-refractivity contribution in [1.29, 1.82) is 0 Å². The summed E-state index contributed by atoms with van der Waals surface area (Å²) in [4.78, 5) is 4.42. The molecule has 0 amide bonds. The quantitative estimate of drug-likeness (QED) is 0.638. The highest BCUT2D eigenvalue weighted by Gasteiger charge is 2.18. The highest BCUT2D eigenvalue weighted by atomic mass is 79.9. The van der Waals surface area contributed by atoms with Crippen molar-refractivity contribution < 1.29 is 9.47 Å². The maximum absolute atomic E-state index is 6.03. The van der Waals surface area contributed by atoms with Crippen molar-refractivity contribution in [3.05, 3.63) is 29.4 Å². The van der Waals surface area contributed by atoms with Crippen molar-refractivity contribution in [2.75, 3.05) is 6.61 Å². The molecule has 0 saturated carbocycles. The molecule has 0 aliphatic heterocycles. The lowest BCUT2D eigenvalue weighted by Crippen LogP contribution is -2.09. The van der Waals surface area contributed by atoms with Crippen molar-refractivity contribution >= 4 is 21.6 Å². The van der Waals surface area contributed by atoms with Gasteiger partial charge < -0.3 is 9.47 Å². The summed E-state index contributed by atoms with van der Waals surface area (Å²) >= 11 is 3.31. The van der Waals surface area contributed by atoms with Gasteiger partial charge in [-0.1, -0.05) is 0 Å². The second-order valence-electron chi connectivity index (χ2n) is 5.64. The first kappa shape index (κ1) is 16.9. The Morgan fingerprint density at radius 3 is 2.79 bits per heavy atom. The van der Waals surface area contributed by atoms with E-state index in [9.17, 15) is 0 Å². The van der Waals surface area contributed by atoms with Crippen LogP contribution in [0.25, 0.3) is 16.8 Å². The van der Waals surface area contributed by atoms with Crippen molar-refractivity contribution in [2.24, 2.45) is 0 Å². The minimum absolute atomic E-state index is 0.0165. The Bertz CT molecular complexity index is 842. The normalized spacial score (nSPS) is 12.9. The van der Waals surface area contributed by atoms with Crippen LogP contribution in [0.1, 0.15) is 33.9 Å². The van der Waals surface area contributed by atoms with Gasteiger partial charge in [0.2, 0.25) is 4.73 Å². The summed E-state index contributed by atoms with van der Waals surface area (Å²) in [5, 5.41) is 8.68. The van der Waals surface area contributed by atoms with E-state index in [-0.39, 0.29) is 12.3 Å². The molecule has 0 spiro atoms. The number of aromatic nitrogens is 5. The number of hydrogen-bond donors (Lipinski definition) is 0.